The van der Waals surface area contributed by atoms with Crippen LogP contribution in [0.25, 0.3) is 22.3 Å². The van der Waals surface area contributed by atoms with E-state index in [2.05, 4.69) is 25.9 Å². The van der Waals surface area contributed by atoms with Gasteiger partial charge in [-0.2, -0.15) is 0 Å². The number of primary amides is 1. The van der Waals surface area contributed by atoms with Crippen molar-refractivity contribution in [1.29, 1.82) is 0 Å². The molecule has 60 heavy (non-hydrogen) atoms. The Balaban J connectivity index is 1.53. The molecule has 0 unspecified atom stereocenters. The van der Waals surface area contributed by atoms with Crippen LogP contribution in [0.2, 0.25) is 10.0 Å². The minimum atomic E-state index is -1.19. The highest BCUT2D eigenvalue weighted by Gasteiger charge is 2.30. The second kappa shape index (κ2) is 23.4. The Hall–Kier alpha value is -6.16. The summed E-state index contributed by atoms with van der Waals surface area (Å²) in [6, 6.07) is 25.5. The van der Waals surface area contributed by atoms with Gasteiger partial charge in [0.1, 0.15) is 18.1 Å². The molecule has 0 saturated heterocycles. The minimum absolute atomic E-state index is 0.0364. The molecule has 0 fully saturated rings. The number of hydrogen-bond acceptors (Lipinski definition) is 7. The van der Waals surface area contributed by atoms with E-state index < -0.39 is 47.8 Å². The van der Waals surface area contributed by atoms with Crippen molar-refractivity contribution in [2.75, 3.05) is 13.1 Å². The number of aliphatic imine (C=N–C) groups is 2. The van der Waals surface area contributed by atoms with Crippen LogP contribution in [0.1, 0.15) is 43.2 Å². The van der Waals surface area contributed by atoms with Gasteiger partial charge in [0.25, 0.3) is 0 Å². The van der Waals surface area contributed by atoms with Crippen molar-refractivity contribution in [3.05, 3.63) is 118 Å². The lowest BCUT2D eigenvalue weighted by Crippen LogP contribution is -2.58. The Morgan fingerprint density at radius 2 is 0.867 bits per heavy atom. The van der Waals surface area contributed by atoms with Crippen molar-refractivity contribution in [1.82, 2.24) is 16.0 Å². The topological polar surface area (TPSA) is 285 Å². The van der Waals surface area contributed by atoms with E-state index in [1.54, 1.807) is 12.1 Å². The normalized spacial score (nSPS) is 12.8. The molecule has 0 spiro atoms. The Labute approximate surface area is 359 Å². The van der Waals surface area contributed by atoms with E-state index in [0.717, 1.165) is 27.8 Å². The first-order chi connectivity index (χ1) is 28.7. The zero-order chi connectivity index (χ0) is 43.6. The molecular formula is C43H53Cl2N11O4. The van der Waals surface area contributed by atoms with Gasteiger partial charge in [-0.3, -0.25) is 29.2 Å². The molecule has 318 valence electrons. The maximum atomic E-state index is 14.1. The molecule has 15 nitrogen and oxygen atoms in total. The van der Waals surface area contributed by atoms with Crippen LogP contribution < -0.4 is 50.4 Å². The van der Waals surface area contributed by atoms with Crippen LogP contribution in [-0.2, 0) is 32.0 Å². The number of amides is 4. The van der Waals surface area contributed by atoms with Crippen LogP contribution in [0.15, 0.2) is 107 Å². The number of halogens is 2. The molecular weight excluding hydrogens is 805 g/mol. The molecule has 0 aromatic heterocycles. The highest BCUT2D eigenvalue weighted by molar-refractivity contribution is 6.31. The van der Waals surface area contributed by atoms with Crippen LogP contribution in [0.5, 0.6) is 0 Å². The third-order valence-electron chi connectivity index (χ3n) is 9.56. The van der Waals surface area contributed by atoms with Gasteiger partial charge in [-0.05, 0) is 96.2 Å². The number of nitrogens with zero attached hydrogens (tertiary/aromatic N) is 2. The predicted molar refractivity (Wildman–Crippen MR) is 239 cm³/mol. The van der Waals surface area contributed by atoms with Crippen LogP contribution in [0, 0.1) is 0 Å². The summed E-state index contributed by atoms with van der Waals surface area (Å²) in [6.45, 7) is 0.522. The highest BCUT2D eigenvalue weighted by Crippen LogP contribution is 2.24. The Morgan fingerprint density at radius 1 is 0.483 bits per heavy atom. The number of rotatable bonds is 22. The summed E-state index contributed by atoms with van der Waals surface area (Å²) in [5.74, 6) is -2.80. The molecule has 0 heterocycles. The molecule has 4 aromatic carbocycles. The average molecular weight is 859 g/mol. The zero-order valence-electron chi connectivity index (χ0n) is 33.2. The summed E-state index contributed by atoms with van der Waals surface area (Å²) in [4.78, 5) is 62.0. The maximum Gasteiger partial charge on any atom is 0.243 e. The van der Waals surface area contributed by atoms with Crippen LogP contribution >= 0.6 is 23.2 Å². The summed E-state index contributed by atoms with van der Waals surface area (Å²) in [5.41, 5.74) is 39.2. The van der Waals surface area contributed by atoms with Crippen molar-refractivity contribution < 1.29 is 19.2 Å². The van der Waals surface area contributed by atoms with E-state index in [4.69, 9.17) is 57.6 Å². The third kappa shape index (κ3) is 15.5. The van der Waals surface area contributed by atoms with Gasteiger partial charge in [-0.25, -0.2) is 0 Å². The van der Waals surface area contributed by atoms with E-state index in [1.807, 2.05) is 84.9 Å². The number of carbonyl (C=O) groups is 4. The summed E-state index contributed by atoms with van der Waals surface area (Å²) in [5, 5.41) is 9.54. The molecule has 0 saturated carbocycles. The first kappa shape index (κ1) is 46.5. The first-order valence-electron chi connectivity index (χ1n) is 19.4. The van der Waals surface area contributed by atoms with Crippen molar-refractivity contribution >= 4 is 58.7 Å². The number of guanidine groups is 2. The summed E-state index contributed by atoms with van der Waals surface area (Å²) >= 11 is 12.1. The number of nitrogens with two attached hydrogens (primary N) is 6. The van der Waals surface area contributed by atoms with Gasteiger partial charge >= 0.3 is 0 Å². The van der Waals surface area contributed by atoms with Crippen LogP contribution in [-0.4, -0.2) is 72.8 Å². The lowest BCUT2D eigenvalue weighted by atomic mass is 9.99. The van der Waals surface area contributed by atoms with E-state index in [9.17, 15) is 19.2 Å². The van der Waals surface area contributed by atoms with Gasteiger partial charge < -0.3 is 50.4 Å². The van der Waals surface area contributed by atoms with Crippen LogP contribution in [0.3, 0.4) is 0 Å². The molecule has 4 aromatic rings. The monoisotopic (exact) mass is 857 g/mol. The third-order valence-corrected chi connectivity index (χ3v) is 10.1. The molecule has 4 amide bonds. The average Bonchev–Trinajstić information content (AvgIpc) is 3.21. The molecule has 17 heteroatoms. The quantitative estimate of drug-likeness (QED) is 0.0319. The smallest absolute Gasteiger partial charge is 0.243 e. The SMILES string of the molecule is NC(=O)[C@H](CCCN=C(N)N)NC(=O)[C@@H](Cc1ccc(-c2ccc(Cl)cc2)cc1)NC(=O)[C@H](CCCCN=C(N)N)NC(=O)[C@@H](N)Cc1ccc(-c2ccc(Cl)cc2)cc1. The Kier molecular flexibility index (Phi) is 18.2. The fourth-order valence-corrected chi connectivity index (χ4v) is 6.54. The zero-order valence-corrected chi connectivity index (χ0v) is 34.7. The van der Waals surface area contributed by atoms with Gasteiger partial charge in [0, 0.05) is 29.6 Å². The van der Waals surface area contributed by atoms with E-state index >= 15 is 0 Å². The molecule has 0 bridgehead atoms. The van der Waals surface area contributed by atoms with Crippen molar-refractivity contribution in [2.24, 2.45) is 44.4 Å². The Morgan fingerprint density at radius 3 is 1.33 bits per heavy atom. The van der Waals surface area contributed by atoms with Crippen molar-refractivity contribution in [2.45, 2.75) is 69.1 Å². The van der Waals surface area contributed by atoms with Crippen molar-refractivity contribution in [3.63, 3.8) is 0 Å². The van der Waals surface area contributed by atoms with Gasteiger partial charge in [0.15, 0.2) is 11.9 Å². The lowest BCUT2D eigenvalue weighted by molar-refractivity contribution is -0.133. The van der Waals surface area contributed by atoms with E-state index in [1.165, 1.54) is 0 Å². The van der Waals surface area contributed by atoms with Gasteiger partial charge in [-0.1, -0.05) is 96.0 Å². The largest absolute Gasteiger partial charge is 0.370 e. The minimum Gasteiger partial charge on any atom is -0.370 e. The molecule has 0 aliphatic heterocycles. The molecule has 0 radical (unpaired) electrons. The van der Waals surface area contributed by atoms with Gasteiger partial charge in [0.05, 0.1) is 6.04 Å². The number of nitrogens with one attached hydrogen (secondary N) is 3. The fourth-order valence-electron chi connectivity index (χ4n) is 6.29. The molecule has 0 aliphatic carbocycles. The summed E-state index contributed by atoms with van der Waals surface area (Å²) < 4.78 is 0. The first-order valence-corrected chi connectivity index (χ1v) is 20.2. The molecule has 4 atom stereocenters. The van der Waals surface area contributed by atoms with Gasteiger partial charge in [-0.15, -0.1) is 0 Å². The van der Waals surface area contributed by atoms with E-state index in [0.29, 0.717) is 41.4 Å². The summed E-state index contributed by atoms with van der Waals surface area (Å²) in [6.07, 6.45) is 1.85. The molecule has 4 rings (SSSR count). The van der Waals surface area contributed by atoms with Crippen molar-refractivity contribution in [3.8, 4) is 22.3 Å². The van der Waals surface area contributed by atoms with E-state index in [-0.39, 0.29) is 44.1 Å². The second-order valence-electron chi connectivity index (χ2n) is 14.3. The van der Waals surface area contributed by atoms with Crippen LogP contribution in [0.4, 0.5) is 0 Å². The fraction of sp³-hybridized carbons (Fsp3) is 0.302. The number of carbonyl (C=O) groups excluding carboxylic acids is 4. The number of benzene rings is 4. The number of unbranched alkanes of at least 4 members (excludes halogenated alkanes) is 1. The van der Waals surface area contributed by atoms with Gasteiger partial charge in [0.2, 0.25) is 23.6 Å². The molecule has 15 N–H and O–H groups in total. The predicted octanol–water partition coefficient (Wildman–Crippen LogP) is 2.88. The standard InChI is InChI=1S/C43H53Cl2N11O4/c44-32-18-14-30(15-19-32)28-10-6-26(7-11-28)24-34(46)39(58)55-36(4-1-2-22-52-42(48)49)40(59)56-37(41(60)54-35(38(47)57)5-3-23-53-43(50)51)25-27-8-12-29(13-9-27)31-16-20-33(45)21-17-31/h6-21,34-37H,1-5,22-25,46H2,(H2,47,57)(H,54,60)(H,55,58)(H,56,59)(H4,48,49,52)(H4,50,51,53)/t34-,35-,36-,37+/m0/s1. The molecule has 0 aliphatic rings. The summed E-state index contributed by atoms with van der Waals surface area (Å²) in [7, 11) is 0. The lowest BCUT2D eigenvalue weighted by Gasteiger charge is -2.26. The highest BCUT2D eigenvalue weighted by atomic mass is 35.5. The Bertz CT molecular complexity index is 2090. The second-order valence-corrected chi connectivity index (χ2v) is 15.1. The maximum absolute atomic E-state index is 14.1. The number of hydrogen-bond donors (Lipinski definition) is 9.